The third kappa shape index (κ3) is 4.65. The first-order valence-corrected chi connectivity index (χ1v) is 11.7. The van der Waals surface area contributed by atoms with Gasteiger partial charge in [0, 0.05) is 41.4 Å². The lowest BCUT2D eigenvalue weighted by molar-refractivity contribution is 0.0620. The van der Waals surface area contributed by atoms with E-state index in [1.807, 2.05) is 12.2 Å². The summed E-state index contributed by atoms with van der Waals surface area (Å²) in [5.74, 6) is 0.458. The molecule has 4 aliphatic rings. The van der Waals surface area contributed by atoms with Crippen molar-refractivity contribution in [1.82, 2.24) is 14.8 Å². The second-order valence-corrected chi connectivity index (χ2v) is 10.6. The maximum atomic E-state index is 12.9. The number of nitrogens with one attached hydrogen (secondary N) is 1. The lowest BCUT2D eigenvalue weighted by Gasteiger charge is -2.44. The van der Waals surface area contributed by atoms with Crippen molar-refractivity contribution in [2.45, 2.75) is 49.8 Å². The number of allylic oxidation sites excluding steroid dienone is 4. The van der Waals surface area contributed by atoms with Gasteiger partial charge in [-0.2, -0.15) is 0 Å². The highest BCUT2D eigenvalue weighted by atomic mass is 35.5. The number of hydrogen-bond donors (Lipinski definition) is 1. The fourth-order valence-electron chi connectivity index (χ4n) is 4.44. The van der Waals surface area contributed by atoms with Crippen LogP contribution in [0.1, 0.15) is 43.5 Å². The lowest BCUT2D eigenvalue weighted by Crippen LogP contribution is -2.57. The third-order valence-electron chi connectivity index (χ3n) is 5.91. The molecule has 3 saturated heterocycles. The largest absolute Gasteiger partial charge is 0.348 e. The van der Waals surface area contributed by atoms with Crippen LogP contribution in [0.15, 0.2) is 40.2 Å². The molecule has 5 rings (SSSR count). The van der Waals surface area contributed by atoms with Gasteiger partial charge >= 0.3 is 0 Å². The van der Waals surface area contributed by atoms with E-state index >= 15 is 0 Å². The summed E-state index contributed by atoms with van der Waals surface area (Å²) < 4.78 is 1.59. The van der Waals surface area contributed by atoms with Crippen molar-refractivity contribution >= 4 is 35.0 Å². The molecule has 2 unspecified atom stereocenters. The molecular weight excluding hydrogens is 406 g/mol. The van der Waals surface area contributed by atoms with E-state index in [4.69, 9.17) is 11.6 Å². The number of nitrogens with zero attached hydrogens (tertiary/aromatic N) is 2. The molecular formula is C22H28ClN3O2S. The van der Waals surface area contributed by atoms with Gasteiger partial charge in [0.25, 0.3) is 11.5 Å². The Bertz CT molecular complexity index is 900. The molecule has 0 aromatic carbocycles. The molecule has 1 aromatic heterocycles. The third-order valence-corrected chi connectivity index (χ3v) is 7.34. The number of fused-ring (bicyclic) bond motifs is 3. The quantitative estimate of drug-likeness (QED) is 0.721. The van der Waals surface area contributed by atoms with Gasteiger partial charge in [0.15, 0.2) is 0 Å². The Morgan fingerprint density at radius 2 is 2.03 bits per heavy atom. The minimum absolute atomic E-state index is 0.0705. The predicted octanol–water partition coefficient (Wildman–Crippen LogP) is 3.55. The zero-order valence-corrected chi connectivity index (χ0v) is 18.5. The topological polar surface area (TPSA) is 54.3 Å². The van der Waals surface area contributed by atoms with Gasteiger partial charge in [-0.05, 0) is 44.0 Å². The maximum absolute atomic E-state index is 12.9. The first-order chi connectivity index (χ1) is 13.9. The Morgan fingerprint density at radius 3 is 2.69 bits per heavy atom. The van der Waals surface area contributed by atoms with E-state index in [1.54, 1.807) is 28.6 Å². The number of aromatic nitrogens is 1. The molecule has 1 amide bonds. The van der Waals surface area contributed by atoms with E-state index in [0.717, 1.165) is 43.1 Å². The number of rotatable bonds is 5. The van der Waals surface area contributed by atoms with Crippen molar-refractivity contribution in [1.29, 1.82) is 0 Å². The SMILES string of the molecule is CC(C)SC1=C(n2cc(C(=O)NC3CN4CCC3CC4)ccc2=O)C=CC(Cl)C1. The summed E-state index contributed by atoms with van der Waals surface area (Å²) in [5, 5.41) is 3.52. The van der Waals surface area contributed by atoms with Crippen LogP contribution < -0.4 is 10.9 Å². The van der Waals surface area contributed by atoms with Gasteiger partial charge in [-0.25, -0.2) is 0 Å². The first-order valence-electron chi connectivity index (χ1n) is 10.4. The minimum atomic E-state index is -0.140. The van der Waals surface area contributed by atoms with Gasteiger partial charge < -0.3 is 10.2 Å². The van der Waals surface area contributed by atoms with Gasteiger partial charge in [0.05, 0.1) is 16.6 Å². The number of pyridine rings is 1. The summed E-state index contributed by atoms with van der Waals surface area (Å²) in [7, 11) is 0. The molecule has 7 heteroatoms. The predicted molar refractivity (Wildman–Crippen MR) is 120 cm³/mol. The van der Waals surface area contributed by atoms with Gasteiger partial charge in [-0.15, -0.1) is 23.4 Å². The molecule has 2 bridgehead atoms. The number of carbonyl (C=O) groups is 1. The van der Waals surface area contributed by atoms with Crippen LogP contribution >= 0.6 is 23.4 Å². The average Bonchev–Trinajstić information content (AvgIpc) is 2.69. The lowest BCUT2D eigenvalue weighted by atomic mass is 9.84. The smallest absolute Gasteiger partial charge is 0.255 e. The molecule has 0 saturated carbocycles. The van der Waals surface area contributed by atoms with Crippen LogP contribution in [0.4, 0.5) is 0 Å². The summed E-state index contributed by atoms with van der Waals surface area (Å²) in [4.78, 5) is 29.1. The van der Waals surface area contributed by atoms with Crippen LogP contribution in [0, 0.1) is 5.92 Å². The molecule has 4 heterocycles. The normalized spacial score (nSPS) is 28.8. The summed E-state index contributed by atoms with van der Waals surface area (Å²) in [6.07, 6.45) is 8.48. The van der Waals surface area contributed by atoms with Crippen molar-refractivity contribution < 1.29 is 4.79 Å². The Hall–Kier alpha value is -1.50. The Balaban J connectivity index is 1.59. The molecule has 1 aromatic rings. The summed E-state index contributed by atoms with van der Waals surface area (Å²) in [6.45, 7) is 7.45. The molecule has 0 spiro atoms. The zero-order valence-electron chi connectivity index (χ0n) is 16.9. The number of hydrogen-bond acceptors (Lipinski definition) is 4. The van der Waals surface area contributed by atoms with E-state index in [9.17, 15) is 9.59 Å². The summed E-state index contributed by atoms with van der Waals surface area (Å²) in [5.41, 5.74) is 1.20. The van der Waals surface area contributed by atoms with Crippen LogP contribution in [-0.2, 0) is 0 Å². The van der Waals surface area contributed by atoms with E-state index in [1.165, 1.54) is 6.07 Å². The Labute approximate surface area is 181 Å². The fraction of sp³-hybridized carbons (Fsp3) is 0.545. The molecule has 5 nitrogen and oxygen atoms in total. The Morgan fingerprint density at radius 1 is 1.28 bits per heavy atom. The summed E-state index contributed by atoms with van der Waals surface area (Å²) in [6, 6.07) is 3.31. The molecule has 2 atom stereocenters. The van der Waals surface area contributed by atoms with Gasteiger partial charge in [-0.3, -0.25) is 14.2 Å². The second-order valence-electron chi connectivity index (χ2n) is 8.40. The molecule has 29 heavy (non-hydrogen) atoms. The van der Waals surface area contributed by atoms with Crippen molar-refractivity contribution in [3.63, 3.8) is 0 Å². The van der Waals surface area contributed by atoms with E-state index in [0.29, 0.717) is 23.2 Å². The van der Waals surface area contributed by atoms with Gasteiger partial charge in [0.1, 0.15) is 0 Å². The van der Waals surface area contributed by atoms with Gasteiger partial charge in [-0.1, -0.05) is 19.9 Å². The standard InChI is InChI=1S/C22H28ClN3O2S/c1-14(2)29-20-11-17(23)4-5-19(20)26-12-16(3-6-21(26)27)22(28)24-18-13-25-9-7-15(18)8-10-25/h3-6,12,14-15,17-18H,7-11,13H2,1-2H3,(H,24,28). The Kier molecular flexibility index (Phi) is 6.23. The maximum Gasteiger partial charge on any atom is 0.255 e. The number of piperidine rings is 3. The fourth-order valence-corrected chi connectivity index (χ4v) is 5.89. The summed E-state index contributed by atoms with van der Waals surface area (Å²) >= 11 is 8.04. The molecule has 0 radical (unpaired) electrons. The van der Waals surface area contributed by atoms with Crippen LogP contribution in [0.3, 0.4) is 0 Å². The van der Waals surface area contributed by atoms with Gasteiger partial charge in [0.2, 0.25) is 0 Å². The molecule has 3 aliphatic heterocycles. The first kappa shape index (κ1) is 20.8. The number of carbonyl (C=O) groups excluding carboxylic acids is 1. The molecule has 3 fully saturated rings. The van der Waals surface area contributed by atoms with Crippen molar-refractivity contribution in [2.24, 2.45) is 5.92 Å². The van der Waals surface area contributed by atoms with Crippen LogP contribution in [0.2, 0.25) is 0 Å². The molecule has 156 valence electrons. The van der Waals surface area contributed by atoms with Crippen molar-refractivity contribution in [2.75, 3.05) is 19.6 Å². The second kappa shape index (κ2) is 8.70. The monoisotopic (exact) mass is 433 g/mol. The molecule has 1 N–H and O–H groups in total. The van der Waals surface area contributed by atoms with Crippen LogP contribution in [-0.4, -0.2) is 51.7 Å². The van der Waals surface area contributed by atoms with E-state index in [2.05, 4.69) is 24.1 Å². The highest BCUT2D eigenvalue weighted by molar-refractivity contribution is 8.03. The van der Waals surface area contributed by atoms with Crippen LogP contribution in [0.25, 0.3) is 5.70 Å². The van der Waals surface area contributed by atoms with Crippen molar-refractivity contribution in [3.05, 3.63) is 51.3 Å². The number of halogens is 1. The van der Waals surface area contributed by atoms with Crippen LogP contribution in [0.5, 0.6) is 0 Å². The average molecular weight is 434 g/mol. The minimum Gasteiger partial charge on any atom is -0.348 e. The number of thioether (sulfide) groups is 1. The highest BCUT2D eigenvalue weighted by Crippen LogP contribution is 2.35. The van der Waals surface area contributed by atoms with Crippen molar-refractivity contribution in [3.8, 4) is 0 Å². The highest BCUT2D eigenvalue weighted by Gasteiger charge is 2.35. The van der Waals surface area contributed by atoms with E-state index < -0.39 is 0 Å². The zero-order chi connectivity index (χ0) is 20.5. The number of amides is 1. The molecule has 1 aliphatic carbocycles. The number of alkyl halides is 1. The van der Waals surface area contributed by atoms with E-state index in [-0.39, 0.29) is 22.9 Å².